The average Bonchev–Trinajstić information content (AvgIpc) is 3.09. The Morgan fingerprint density at radius 3 is 2.71 bits per heavy atom. The molecular formula is C22H31N3O3. The second kappa shape index (κ2) is 7.94. The minimum atomic E-state index is -0.516. The lowest BCUT2D eigenvalue weighted by atomic mass is 9.84. The van der Waals surface area contributed by atoms with Crippen molar-refractivity contribution < 1.29 is 14.1 Å². The molecule has 152 valence electrons. The van der Waals surface area contributed by atoms with E-state index in [-0.39, 0.29) is 18.1 Å². The summed E-state index contributed by atoms with van der Waals surface area (Å²) in [5.41, 5.74) is 2.76. The van der Waals surface area contributed by atoms with Gasteiger partial charge in [0.05, 0.1) is 6.04 Å². The van der Waals surface area contributed by atoms with Gasteiger partial charge in [-0.3, -0.25) is 0 Å². The number of fused-ring (bicyclic) bond motifs is 1. The first-order valence-electron chi connectivity index (χ1n) is 10.1. The molecule has 1 amide bonds. The molecule has 1 aliphatic rings. The Kier molecular flexibility index (Phi) is 5.77. The fourth-order valence-electron chi connectivity index (χ4n) is 3.47. The molecule has 2 unspecified atom stereocenters. The molecule has 0 spiro atoms. The van der Waals surface area contributed by atoms with Gasteiger partial charge in [0.1, 0.15) is 5.60 Å². The van der Waals surface area contributed by atoms with Crippen LogP contribution in [0.25, 0.3) is 11.4 Å². The van der Waals surface area contributed by atoms with Gasteiger partial charge in [-0.05, 0) is 57.1 Å². The molecule has 1 aromatic carbocycles. The van der Waals surface area contributed by atoms with Crippen molar-refractivity contribution in [3.63, 3.8) is 0 Å². The highest BCUT2D eigenvalue weighted by atomic mass is 16.6. The zero-order valence-corrected chi connectivity index (χ0v) is 17.7. The molecule has 1 aliphatic carbocycles. The molecule has 28 heavy (non-hydrogen) atoms. The highest BCUT2D eigenvalue weighted by molar-refractivity contribution is 5.69. The number of aromatic nitrogens is 2. The molecule has 0 aliphatic heterocycles. The SMILES string of the molecule is CC(C)C(C)c1nc(-c2cccc3c2CCCC3NC(=O)OC(C)(C)C)no1. The van der Waals surface area contributed by atoms with Crippen LogP contribution in [0.4, 0.5) is 4.79 Å². The predicted octanol–water partition coefficient (Wildman–Crippen LogP) is 5.40. The van der Waals surface area contributed by atoms with Crippen molar-refractivity contribution >= 4 is 6.09 Å². The van der Waals surface area contributed by atoms with Crippen LogP contribution in [0.2, 0.25) is 0 Å². The largest absolute Gasteiger partial charge is 0.444 e. The summed E-state index contributed by atoms with van der Waals surface area (Å²) in [6.07, 6.45) is 2.42. The van der Waals surface area contributed by atoms with Gasteiger partial charge in [-0.2, -0.15) is 4.98 Å². The normalized spacial score (nSPS) is 17.9. The van der Waals surface area contributed by atoms with Crippen molar-refractivity contribution in [3.8, 4) is 11.4 Å². The third-order valence-corrected chi connectivity index (χ3v) is 5.27. The molecule has 6 nitrogen and oxygen atoms in total. The Labute approximate surface area is 167 Å². The summed E-state index contributed by atoms with van der Waals surface area (Å²) < 4.78 is 11.0. The summed E-state index contributed by atoms with van der Waals surface area (Å²) in [4.78, 5) is 16.9. The minimum Gasteiger partial charge on any atom is -0.444 e. The highest BCUT2D eigenvalue weighted by Crippen LogP contribution is 2.36. The van der Waals surface area contributed by atoms with Crippen molar-refractivity contribution in [1.82, 2.24) is 15.5 Å². The van der Waals surface area contributed by atoms with Crippen LogP contribution in [-0.4, -0.2) is 21.8 Å². The third-order valence-electron chi connectivity index (χ3n) is 5.27. The molecule has 0 saturated heterocycles. The summed E-state index contributed by atoms with van der Waals surface area (Å²) in [5, 5.41) is 7.26. The van der Waals surface area contributed by atoms with Gasteiger partial charge in [-0.15, -0.1) is 0 Å². The highest BCUT2D eigenvalue weighted by Gasteiger charge is 2.27. The predicted molar refractivity (Wildman–Crippen MR) is 108 cm³/mol. The number of rotatable bonds is 4. The quantitative estimate of drug-likeness (QED) is 0.762. The lowest BCUT2D eigenvalue weighted by Crippen LogP contribution is -2.36. The van der Waals surface area contributed by atoms with Crippen LogP contribution < -0.4 is 5.32 Å². The van der Waals surface area contributed by atoms with E-state index in [1.807, 2.05) is 32.9 Å². The van der Waals surface area contributed by atoms with E-state index in [0.29, 0.717) is 17.6 Å². The summed E-state index contributed by atoms with van der Waals surface area (Å²) in [7, 11) is 0. The van der Waals surface area contributed by atoms with E-state index in [1.54, 1.807) is 0 Å². The van der Waals surface area contributed by atoms with Crippen molar-refractivity contribution in [2.24, 2.45) is 5.92 Å². The Balaban J connectivity index is 1.87. The zero-order chi connectivity index (χ0) is 20.5. The summed E-state index contributed by atoms with van der Waals surface area (Å²) in [5.74, 6) is 1.93. The first kappa shape index (κ1) is 20.4. The molecular weight excluding hydrogens is 354 g/mol. The number of hydrogen-bond acceptors (Lipinski definition) is 5. The van der Waals surface area contributed by atoms with Crippen LogP contribution in [-0.2, 0) is 11.2 Å². The molecule has 2 atom stereocenters. The van der Waals surface area contributed by atoms with Gasteiger partial charge in [-0.25, -0.2) is 4.79 Å². The van der Waals surface area contributed by atoms with E-state index in [4.69, 9.17) is 9.26 Å². The number of nitrogens with zero attached hydrogens (tertiary/aromatic N) is 2. The number of carbonyl (C=O) groups is 1. The maximum absolute atomic E-state index is 12.3. The van der Waals surface area contributed by atoms with Gasteiger partial charge >= 0.3 is 6.09 Å². The van der Waals surface area contributed by atoms with Crippen LogP contribution >= 0.6 is 0 Å². The van der Waals surface area contributed by atoms with Gasteiger partial charge in [0.25, 0.3) is 0 Å². The number of benzene rings is 1. The number of ether oxygens (including phenoxy) is 1. The van der Waals surface area contributed by atoms with Crippen LogP contribution in [0.1, 0.15) is 83.4 Å². The van der Waals surface area contributed by atoms with Crippen molar-refractivity contribution in [1.29, 1.82) is 0 Å². The third kappa shape index (κ3) is 4.54. The minimum absolute atomic E-state index is 0.0699. The summed E-state index contributed by atoms with van der Waals surface area (Å²) >= 11 is 0. The first-order valence-corrected chi connectivity index (χ1v) is 10.1. The van der Waals surface area contributed by atoms with E-state index in [2.05, 4.69) is 42.3 Å². The maximum Gasteiger partial charge on any atom is 0.408 e. The van der Waals surface area contributed by atoms with E-state index >= 15 is 0 Å². The fraction of sp³-hybridized carbons (Fsp3) is 0.591. The molecule has 3 rings (SSSR count). The van der Waals surface area contributed by atoms with Gasteiger partial charge in [0.15, 0.2) is 0 Å². The first-order chi connectivity index (χ1) is 13.2. The van der Waals surface area contributed by atoms with Gasteiger partial charge in [0.2, 0.25) is 11.7 Å². The molecule has 1 heterocycles. The summed E-state index contributed by atoms with van der Waals surface area (Å²) in [6, 6.07) is 6.02. The van der Waals surface area contributed by atoms with Gasteiger partial charge < -0.3 is 14.6 Å². The van der Waals surface area contributed by atoms with E-state index < -0.39 is 5.60 Å². The van der Waals surface area contributed by atoms with Crippen LogP contribution in [0.3, 0.4) is 0 Å². The fourth-order valence-corrected chi connectivity index (χ4v) is 3.47. The number of hydrogen-bond donors (Lipinski definition) is 1. The molecule has 0 fully saturated rings. The van der Waals surface area contributed by atoms with E-state index in [1.165, 1.54) is 5.56 Å². The molecule has 6 heteroatoms. The van der Waals surface area contributed by atoms with Gasteiger partial charge in [0, 0.05) is 11.5 Å². The second-order valence-electron chi connectivity index (χ2n) is 8.95. The molecule has 0 bridgehead atoms. The smallest absolute Gasteiger partial charge is 0.408 e. The van der Waals surface area contributed by atoms with E-state index in [0.717, 1.165) is 30.4 Å². The lowest BCUT2D eigenvalue weighted by Gasteiger charge is -2.29. The topological polar surface area (TPSA) is 77.2 Å². The Morgan fingerprint density at radius 2 is 2.04 bits per heavy atom. The van der Waals surface area contributed by atoms with Crippen molar-refractivity contribution in [2.45, 2.75) is 78.4 Å². The van der Waals surface area contributed by atoms with E-state index in [9.17, 15) is 4.79 Å². The van der Waals surface area contributed by atoms with Crippen LogP contribution in [0.15, 0.2) is 22.7 Å². The number of nitrogens with one attached hydrogen (secondary N) is 1. The lowest BCUT2D eigenvalue weighted by molar-refractivity contribution is 0.0498. The molecule has 0 saturated carbocycles. The number of alkyl carbamates (subject to hydrolysis) is 1. The summed E-state index contributed by atoms with van der Waals surface area (Å²) in [6.45, 7) is 12.0. The monoisotopic (exact) mass is 385 g/mol. The Hall–Kier alpha value is -2.37. The van der Waals surface area contributed by atoms with Gasteiger partial charge in [-0.1, -0.05) is 44.1 Å². The molecule has 1 aromatic heterocycles. The van der Waals surface area contributed by atoms with Crippen molar-refractivity contribution in [3.05, 3.63) is 35.2 Å². The number of carbonyl (C=O) groups excluding carboxylic acids is 1. The molecule has 0 radical (unpaired) electrons. The zero-order valence-electron chi connectivity index (χ0n) is 17.7. The average molecular weight is 386 g/mol. The maximum atomic E-state index is 12.3. The Bertz CT molecular complexity index is 836. The Morgan fingerprint density at radius 1 is 1.29 bits per heavy atom. The standard InChI is InChI=1S/C22H31N3O3/c1-13(2)14(3)20-24-19(25-28-20)17-11-7-10-16-15(17)9-8-12-18(16)23-21(26)27-22(4,5)6/h7,10-11,13-14,18H,8-9,12H2,1-6H3,(H,23,26). The van der Waals surface area contributed by atoms with Crippen LogP contribution in [0.5, 0.6) is 0 Å². The number of amides is 1. The molecule has 2 aromatic rings. The molecule has 1 N–H and O–H groups in total. The van der Waals surface area contributed by atoms with Crippen molar-refractivity contribution in [2.75, 3.05) is 0 Å². The second-order valence-corrected chi connectivity index (χ2v) is 8.95. The van der Waals surface area contributed by atoms with Crippen LogP contribution in [0, 0.1) is 5.92 Å².